The van der Waals surface area contributed by atoms with Crippen LogP contribution in [0.5, 0.6) is 11.5 Å². The van der Waals surface area contributed by atoms with Gasteiger partial charge in [0, 0.05) is 5.69 Å². The lowest BCUT2D eigenvalue weighted by Crippen LogP contribution is -2.34. The van der Waals surface area contributed by atoms with Gasteiger partial charge in [-0.1, -0.05) is 84.9 Å². The molecule has 0 bridgehead atoms. The molecule has 0 spiro atoms. The van der Waals surface area contributed by atoms with E-state index in [1.165, 1.54) is 0 Å². The van der Waals surface area contributed by atoms with E-state index < -0.39 is 13.4 Å². The number of benzene rings is 4. The summed E-state index contributed by atoms with van der Waals surface area (Å²) < 4.78 is 26.6. The van der Waals surface area contributed by atoms with Crippen molar-refractivity contribution in [1.29, 1.82) is 0 Å². The Morgan fingerprint density at radius 3 is 1.58 bits per heavy atom. The predicted octanol–water partition coefficient (Wildman–Crippen LogP) is 7.02. The highest BCUT2D eigenvalue weighted by atomic mass is 32.1. The second-order valence-electron chi connectivity index (χ2n) is 7.13. The maximum atomic E-state index is 14.4. The van der Waals surface area contributed by atoms with Crippen LogP contribution in [-0.2, 0) is 4.57 Å². The van der Waals surface area contributed by atoms with Crippen molar-refractivity contribution in [2.24, 2.45) is 0 Å². The Kier molecular flexibility index (Phi) is 7.40. The van der Waals surface area contributed by atoms with Gasteiger partial charge in [0.15, 0.2) is 10.9 Å². The normalized spacial score (nSPS) is 11.8. The van der Waals surface area contributed by atoms with Crippen molar-refractivity contribution in [1.82, 2.24) is 5.32 Å². The molecule has 0 aliphatic carbocycles. The maximum absolute atomic E-state index is 14.4. The Morgan fingerprint density at radius 2 is 1.09 bits per heavy atom. The van der Waals surface area contributed by atoms with Crippen LogP contribution in [0.1, 0.15) is 11.3 Å². The number of nitrogens with one attached hydrogen (secondary N) is 2. The molecule has 0 heterocycles. The highest BCUT2D eigenvalue weighted by Crippen LogP contribution is 2.58. The van der Waals surface area contributed by atoms with Crippen molar-refractivity contribution in [3.63, 3.8) is 0 Å². The van der Waals surface area contributed by atoms with Gasteiger partial charge in [-0.05, 0) is 54.2 Å². The van der Waals surface area contributed by atoms with Crippen molar-refractivity contribution in [3.05, 3.63) is 127 Å². The zero-order chi connectivity index (χ0) is 22.9. The van der Waals surface area contributed by atoms with Gasteiger partial charge < -0.3 is 19.7 Å². The Hall–Kier alpha value is -3.60. The van der Waals surface area contributed by atoms with Crippen LogP contribution >= 0.6 is 19.8 Å². The topological polar surface area (TPSA) is 59.6 Å². The van der Waals surface area contributed by atoms with Crippen LogP contribution in [0.3, 0.4) is 0 Å². The first-order valence-electron chi connectivity index (χ1n) is 10.4. The van der Waals surface area contributed by atoms with E-state index in [4.69, 9.17) is 21.3 Å². The molecular weight excluding hydrogens is 451 g/mol. The number of hydrogen-bond donors (Lipinski definition) is 2. The molecule has 1 atom stereocenters. The van der Waals surface area contributed by atoms with Crippen LogP contribution in [-0.4, -0.2) is 5.11 Å². The third-order valence-electron chi connectivity index (χ3n) is 4.68. The molecule has 0 aliphatic heterocycles. The van der Waals surface area contributed by atoms with Gasteiger partial charge >= 0.3 is 7.60 Å². The van der Waals surface area contributed by atoms with Crippen LogP contribution in [0.4, 0.5) is 5.69 Å². The van der Waals surface area contributed by atoms with Crippen LogP contribution in [0.15, 0.2) is 121 Å². The second-order valence-corrected chi connectivity index (χ2v) is 9.50. The highest BCUT2D eigenvalue weighted by Gasteiger charge is 2.41. The smallest absolute Gasteiger partial charge is 0.414 e. The molecule has 0 unspecified atom stereocenters. The third kappa shape index (κ3) is 6.22. The van der Waals surface area contributed by atoms with Gasteiger partial charge in [-0.2, -0.15) is 0 Å². The first kappa shape index (κ1) is 22.6. The van der Waals surface area contributed by atoms with Crippen molar-refractivity contribution in [2.75, 3.05) is 5.32 Å². The van der Waals surface area contributed by atoms with Crippen molar-refractivity contribution >= 4 is 30.6 Å². The van der Waals surface area contributed by atoms with E-state index in [0.717, 1.165) is 5.69 Å². The third-order valence-corrected chi connectivity index (χ3v) is 6.89. The molecule has 0 fully saturated rings. The average Bonchev–Trinajstić information content (AvgIpc) is 2.85. The Balaban J connectivity index is 1.70. The minimum absolute atomic E-state index is 0.295. The van der Waals surface area contributed by atoms with Crippen molar-refractivity contribution in [2.45, 2.75) is 5.78 Å². The van der Waals surface area contributed by atoms with E-state index in [1.54, 1.807) is 24.3 Å². The van der Waals surface area contributed by atoms with Gasteiger partial charge in [-0.3, -0.25) is 0 Å². The number of para-hydroxylation sites is 3. The maximum Gasteiger partial charge on any atom is 0.457 e. The summed E-state index contributed by atoms with van der Waals surface area (Å²) in [7, 11) is -3.89. The molecule has 0 saturated carbocycles. The number of thiocarbonyl (C=S) groups is 1. The minimum Gasteiger partial charge on any atom is -0.414 e. The lowest BCUT2D eigenvalue weighted by molar-refractivity contribution is 0.369. The molecule has 0 aliphatic rings. The highest BCUT2D eigenvalue weighted by molar-refractivity contribution is 7.80. The van der Waals surface area contributed by atoms with Crippen molar-refractivity contribution in [3.8, 4) is 11.5 Å². The van der Waals surface area contributed by atoms with Crippen LogP contribution in [0.25, 0.3) is 0 Å². The Bertz CT molecular complexity index is 1160. The van der Waals surface area contributed by atoms with Crippen LogP contribution in [0.2, 0.25) is 0 Å². The van der Waals surface area contributed by atoms with E-state index in [9.17, 15) is 4.57 Å². The van der Waals surface area contributed by atoms with E-state index >= 15 is 0 Å². The number of hydrogen-bond acceptors (Lipinski definition) is 4. The molecule has 4 aromatic carbocycles. The fourth-order valence-electron chi connectivity index (χ4n) is 3.17. The van der Waals surface area contributed by atoms with Crippen molar-refractivity contribution < 1.29 is 13.6 Å². The van der Waals surface area contributed by atoms with Gasteiger partial charge in [0.05, 0.1) is 0 Å². The molecule has 5 nitrogen and oxygen atoms in total. The summed E-state index contributed by atoms with van der Waals surface area (Å²) in [6.07, 6.45) is 0. The van der Waals surface area contributed by atoms with Crippen LogP contribution < -0.4 is 19.7 Å². The second kappa shape index (κ2) is 10.8. The molecule has 166 valence electrons. The van der Waals surface area contributed by atoms with E-state index in [-0.39, 0.29) is 0 Å². The molecular formula is C26H23N2O3PS. The summed E-state index contributed by atoms with van der Waals surface area (Å²) >= 11 is 5.56. The van der Waals surface area contributed by atoms with Gasteiger partial charge in [-0.15, -0.1) is 0 Å². The summed E-state index contributed by atoms with van der Waals surface area (Å²) in [6.45, 7) is 0. The first-order valence-corrected chi connectivity index (χ1v) is 12.4. The lowest BCUT2D eigenvalue weighted by Gasteiger charge is -2.29. The first-order chi connectivity index (χ1) is 16.1. The Labute approximate surface area is 198 Å². The fourth-order valence-corrected chi connectivity index (χ4v) is 5.40. The standard InChI is InChI=1S/C26H23N2O3PS/c29-32(30-23-17-9-3-10-18-23,31-24-19-11-4-12-20-24)25(21-13-5-1-6-14-21)28-26(33)27-22-15-7-2-8-16-22/h1-20,25H,(H2,27,28,33)/t25-/m0/s1. The summed E-state index contributed by atoms with van der Waals surface area (Å²) in [6, 6.07) is 36.8. The summed E-state index contributed by atoms with van der Waals surface area (Å²) in [5.74, 6) is -0.00862. The molecule has 0 saturated heterocycles. The lowest BCUT2D eigenvalue weighted by atomic mass is 10.2. The fraction of sp³-hybridized carbons (Fsp3) is 0.0385. The monoisotopic (exact) mass is 474 g/mol. The summed E-state index contributed by atoms with van der Waals surface area (Å²) in [4.78, 5) is 0. The molecule has 4 aromatic rings. The summed E-state index contributed by atoms with van der Waals surface area (Å²) in [5, 5.41) is 6.60. The van der Waals surface area contributed by atoms with Gasteiger partial charge in [0.2, 0.25) is 0 Å². The number of anilines is 1. The predicted molar refractivity (Wildman–Crippen MR) is 137 cm³/mol. The largest absolute Gasteiger partial charge is 0.457 e. The van der Waals surface area contributed by atoms with E-state index in [0.29, 0.717) is 22.2 Å². The zero-order valence-electron chi connectivity index (χ0n) is 17.7. The average molecular weight is 475 g/mol. The molecule has 2 N–H and O–H groups in total. The quantitative estimate of drug-likeness (QED) is 0.211. The molecule has 0 amide bonds. The SMILES string of the molecule is O=P(Oc1ccccc1)(Oc1ccccc1)[C@H](NC(=S)Nc1ccccc1)c1ccccc1. The molecule has 0 radical (unpaired) electrons. The molecule has 0 aromatic heterocycles. The minimum atomic E-state index is -3.89. The van der Waals surface area contributed by atoms with E-state index in [1.807, 2.05) is 97.1 Å². The zero-order valence-corrected chi connectivity index (χ0v) is 19.4. The van der Waals surface area contributed by atoms with Gasteiger partial charge in [-0.25, -0.2) is 4.57 Å². The molecule has 7 heteroatoms. The van der Waals surface area contributed by atoms with Gasteiger partial charge in [0.25, 0.3) is 0 Å². The van der Waals surface area contributed by atoms with E-state index in [2.05, 4.69) is 10.6 Å². The van der Waals surface area contributed by atoms with Gasteiger partial charge in [0.1, 0.15) is 11.5 Å². The molecule has 33 heavy (non-hydrogen) atoms. The summed E-state index contributed by atoms with van der Waals surface area (Å²) in [5.41, 5.74) is 1.52. The number of rotatable bonds is 8. The van der Waals surface area contributed by atoms with Crippen LogP contribution in [0, 0.1) is 0 Å². The molecule has 4 rings (SSSR count). The Morgan fingerprint density at radius 1 is 0.667 bits per heavy atom.